The van der Waals surface area contributed by atoms with Crippen molar-refractivity contribution in [1.29, 1.82) is 0 Å². The van der Waals surface area contributed by atoms with Crippen LogP contribution in [0, 0.1) is 12.8 Å². The second kappa shape index (κ2) is 11.3. The predicted octanol–water partition coefficient (Wildman–Crippen LogP) is 6.35. The molecule has 0 saturated heterocycles. The van der Waals surface area contributed by atoms with Crippen molar-refractivity contribution in [2.45, 2.75) is 50.5 Å². The average molecular weight is 511 g/mol. The van der Waals surface area contributed by atoms with Gasteiger partial charge < -0.3 is 5.32 Å². The highest BCUT2D eigenvalue weighted by Crippen LogP contribution is 2.31. The molecule has 1 fully saturated rings. The molecule has 0 atom stereocenters. The summed E-state index contributed by atoms with van der Waals surface area (Å²) in [5.74, 6) is 0.464. The van der Waals surface area contributed by atoms with Crippen molar-refractivity contribution in [3.63, 3.8) is 0 Å². The first-order valence-corrected chi connectivity index (χ1v) is 13.9. The van der Waals surface area contributed by atoms with Crippen LogP contribution in [-0.2, 0) is 16.6 Å². The molecule has 184 valence electrons. The van der Waals surface area contributed by atoms with Crippen LogP contribution in [0.1, 0.15) is 53.6 Å². The van der Waals surface area contributed by atoms with Crippen molar-refractivity contribution in [3.05, 3.63) is 94.5 Å². The number of benzene rings is 3. The third-order valence-corrected chi connectivity index (χ3v) is 8.60. The van der Waals surface area contributed by atoms with Crippen LogP contribution in [0.2, 0.25) is 5.02 Å². The van der Waals surface area contributed by atoms with E-state index in [1.54, 1.807) is 54.6 Å². The molecule has 7 heteroatoms. The monoisotopic (exact) mass is 510 g/mol. The average Bonchev–Trinajstić information content (AvgIpc) is 2.89. The maximum atomic E-state index is 13.6. The van der Waals surface area contributed by atoms with Crippen molar-refractivity contribution in [3.8, 4) is 0 Å². The van der Waals surface area contributed by atoms with Gasteiger partial charge in [0.15, 0.2) is 0 Å². The Morgan fingerprint density at radius 2 is 1.66 bits per heavy atom. The third kappa shape index (κ3) is 6.24. The summed E-state index contributed by atoms with van der Waals surface area (Å²) in [6.45, 7) is 2.68. The lowest BCUT2D eigenvalue weighted by atomic mass is 9.89. The molecule has 35 heavy (non-hydrogen) atoms. The van der Waals surface area contributed by atoms with Crippen molar-refractivity contribution in [1.82, 2.24) is 5.32 Å². The van der Waals surface area contributed by atoms with E-state index in [1.807, 2.05) is 25.1 Å². The van der Waals surface area contributed by atoms with Crippen LogP contribution >= 0.6 is 11.6 Å². The molecule has 1 saturated carbocycles. The minimum absolute atomic E-state index is 0.0958. The van der Waals surface area contributed by atoms with Gasteiger partial charge in [0.05, 0.1) is 17.1 Å². The van der Waals surface area contributed by atoms with E-state index in [4.69, 9.17) is 11.6 Å². The van der Waals surface area contributed by atoms with Gasteiger partial charge >= 0.3 is 0 Å². The smallest absolute Gasteiger partial charge is 0.264 e. The minimum atomic E-state index is -3.84. The predicted molar refractivity (Wildman–Crippen MR) is 141 cm³/mol. The zero-order valence-electron chi connectivity index (χ0n) is 19.9. The minimum Gasteiger partial charge on any atom is -0.352 e. The number of carbonyl (C=O) groups is 1. The van der Waals surface area contributed by atoms with E-state index in [0.717, 1.165) is 11.1 Å². The second-order valence-electron chi connectivity index (χ2n) is 9.17. The van der Waals surface area contributed by atoms with E-state index in [0.29, 0.717) is 28.7 Å². The molecule has 1 aliphatic rings. The number of nitrogens with zero attached hydrogens (tertiary/aromatic N) is 1. The molecule has 0 unspecified atom stereocenters. The number of sulfonamides is 1. The number of amides is 1. The Labute approximate surface area is 213 Å². The molecule has 1 N–H and O–H groups in total. The molecule has 3 aromatic carbocycles. The molecule has 3 aromatic rings. The molecule has 1 aliphatic carbocycles. The fourth-order valence-electron chi connectivity index (χ4n) is 4.53. The van der Waals surface area contributed by atoms with Crippen molar-refractivity contribution >= 4 is 33.2 Å². The summed E-state index contributed by atoms with van der Waals surface area (Å²) >= 11 is 6.24. The summed E-state index contributed by atoms with van der Waals surface area (Å²) in [5.41, 5.74) is 2.66. The lowest BCUT2D eigenvalue weighted by molar-refractivity contribution is 0.0943. The summed E-state index contributed by atoms with van der Waals surface area (Å²) in [5, 5.41) is 3.52. The number of hydrogen-bond donors (Lipinski definition) is 1. The molecule has 0 bridgehead atoms. The van der Waals surface area contributed by atoms with Gasteiger partial charge in [-0.25, -0.2) is 8.42 Å². The van der Waals surface area contributed by atoms with Gasteiger partial charge in [-0.2, -0.15) is 0 Å². The molecule has 4 rings (SSSR count). The Morgan fingerprint density at radius 1 is 0.971 bits per heavy atom. The first-order valence-electron chi connectivity index (χ1n) is 12.1. The molecule has 0 radical (unpaired) electrons. The Balaban J connectivity index is 1.55. The topological polar surface area (TPSA) is 66.5 Å². The van der Waals surface area contributed by atoms with E-state index < -0.39 is 10.0 Å². The van der Waals surface area contributed by atoms with E-state index in [1.165, 1.54) is 36.4 Å². The van der Waals surface area contributed by atoms with Crippen molar-refractivity contribution in [2.75, 3.05) is 10.8 Å². The summed E-state index contributed by atoms with van der Waals surface area (Å²) < 4.78 is 28.6. The fraction of sp³-hybridized carbons (Fsp3) is 0.321. The van der Waals surface area contributed by atoms with Crippen LogP contribution in [0.15, 0.2) is 77.7 Å². The lowest BCUT2D eigenvalue weighted by Gasteiger charge is -2.26. The fourth-order valence-corrected chi connectivity index (χ4v) is 6.22. The Hall–Kier alpha value is -2.83. The molecule has 0 spiro atoms. The van der Waals surface area contributed by atoms with E-state index in [9.17, 15) is 13.2 Å². The quantitative estimate of drug-likeness (QED) is 0.383. The highest BCUT2D eigenvalue weighted by molar-refractivity contribution is 7.92. The van der Waals surface area contributed by atoms with Crippen LogP contribution in [0.3, 0.4) is 0 Å². The van der Waals surface area contributed by atoms with Crippen molar-refractivity contribution < 1.29 is 13.2 Å². The number of hydrogen-bond acceptors (Lipinski definition) is 3. The highest BCUT2D eigenvalue weighted by Gasteiger charge is 2.26. The largest absolute Gasteiger partial charge is 0.352 e. The Bertz CT molecular complexity index is 1260. The van der Waals surface area contributed by atoms with Gasteiger partial charge in [0.25, 0.3) is 15.9 Å². The van der Waals surface area contributed by atoms with E-state index in [2.05, 4.69) is 5.32 Å². The molecule has 0 aromatic heterocycles. The maximum absolute atomic E-state index is 13.6. The molecule has 0 aliphatic heterocycles. The van der Waals surface area contributed by atoms with Gasteiger partial charge in [-0.1, -0.05) is 67.3 Å². The molecule has 1 amide bonds. The SMILES string of the molecule is Cc1ccc(Cl)cc1N(Cc1ccc(C(=O)NCC2CCCCC2)cc1)S(=O)(=O)c1ccccc1. The number of carbonyl (C=O) groups excluding carboxylic acids is 1. The lowest BCUT2D eigenvalue weighted by Crippen LogP contribution is -2.31. The van der Waals surface area contributed by atoms with Crippen LogP contribution in [-0.4, -0.2) is 20.9 Å². The molecule has 5 nitrogen and oxygen atoms in total. The summed E-state index contributed by atoms with van der Waals surface area (Å²) in [4.78, 5) is 12.8. The van der Waals surface area contributed by atoms with Crippen LogP contribution in [0.25, 0.3) is 0 Å². The first kappa shape index (κ1) is 25.3. The number of rotatable bonds is 8. The standard InChI is InChI=1S/C28H31ClN2O3S/c1-21-12-17-25(29)18-27(21)31(35(33,34)26-10-6-3-7-11-26)20-23-13-15-24(16-14-23)28(32)30-19-22-8-4-2-5-9-22/h3,6-7,10-18,22H,2,4-5,8-9,19-20H2,1H3,(H,30,32). The number of nitrogens with one attached hydrogen (secondary N) is 1. The van der Waals surface area contributed by atoms with Gasteiger partial charge in [0.2, 0.25) is 0 Å². The second-order valence-corrected chi connectivity index (χ2v) is 11.5. The first-order chi connectivity index (χ1) is 16.8. The summed E-state index contributed by atoms with van der Waals surface area (Å²) in [7, 11) is -3.84. The highest BCUT2D eigenvalue weighted by atomic mass is 35.5. The van der Waals surface area contributed by atoms with E-state index in [-0.39, 0.29) is 17.3 Å². The molecular formula is C28H31ClN2O3S. The number of anilines is 1. The van der Waals surface area contributed by atoms with Gasteiger partial charge in [-0.05, 0) is 73.2 Å². The van der Waals surface area contributed by atoms with Gasteiger partial charge in [-0.3, -0.25) is 9.10 Å². The number of aryl methyl sites for hydroxylation is 1. The van der Waals surface area contributed by atoms with Crippen LogP contribution in [0.5, 0.6) is 0 Å². The number of halogens is 1. The van der Waals surface area contributed by atoms with Gasteiger partial charge in [-0.15, -0.1) is 0 Å². The molecular weight excluding hydrogens is 480 g/mol. The zero-order valence-corrected chi connectivity index (χ0v) is 21.5. The maximum Gasteiger partial charge on any atom is 0.264 e. The van der Waals surface area contributed by atoms with Gasteiger partial charge in [0, 0.05) is 17.1 Å². The van der Waals surface area contributed by atoms with Gasteiger partial charge in [0.1, 0.15) is 0 Å². The van der Waals surface area contributed by atoms with Crippen molar-refractivity contribution in [2.24, 2.45) is 5.92 Å². The van der Waals surface area contributed by atoms with Crippen LogP contribution < -0.4 is 9.62 Å². The van der Waals surface area contributed by atoms with E-state index >= 15 is 0 Å². The Morgan fingerprint density at radius 3 is 2.34 bits per heavy atom. The summed E-state index contributed by atoms with van der Waals surface area (Å²) in [6, 6.07) is 20.7. The normalized spacial score (nSPS) is 14.5. The summed E-state index contributed by atoms with van der Waals surface area (Å²) in [6.07, 6.45) is 6.12. The third-order valence-electron chi connectivity index (χ3n) is 6.59. The Kier molecular flexibility index (Phi) is 8.14. The molecule has 0 heterocycles. The zero-order chi connectivity index (χ0) is 24.8. The van der Waals surface area contributed by atoms with Crippen LogP contribution in [0.4, 0.5) is 5.69 Å².